The first kappa shape index (κ1) is 16.9. The minimum absolute atomic E-state index is 0.144. The van der Waals surface area contributed by atoms with E-state index in [2.05, 4.69) is 28.3 Å². The van der Waals surface area contributed by atoms with Crippen molar-refractivity contribution in [1.29, 1.82) is 0 Å². The maximum Gasteiger partial charge on any atom is 0.255 e. The number of aryl methyl sites for hydroxylation is 1. The number of hydrogen-bond acceptors (Lipinski definition) is 4. The second-order valence-electron chi connectivity index (χ2n) is 5.72. The highest BCUT2D eigenvalue weighted by atomic mass is 32.2. The van der Waals surface area contributed by atoms with Crippen molar-refractivity contribution in [3.05, 3.63) is 42.2 Å². The van der Waals surface area contributed by atoms with Crippen molar-refractivity contribution in [2.45, 2.75) is 25.3 Å². The van der Waals surface area contributed by atoms with Crippen LogP contribution in [0, 0.1) is 0 Å². The quantitative estimate of drug-likeness (QED) is 0.782. The topological polar surface area (TPSA) is 41.4 Å². The Balaban J connectivity index is 1.67. The second kappa shape index (κ2) is 7.75. The molecule has 6 heteroatoms. The third-order valence-electron chi connectivity index (χ3n) is 4.30. The van der Waals surface area contributed by atoms with Gasteiger partial charge in [0.05, 0.1) is 5.56 Å². The molecule has 1 aromatic heterocycles. The van der Waals surface area contributed by atoms with E-state index in [4.69, 9.17) is 0 Å². The SMILES string of the molecule is CCSc1ccccc1C(=O)N1CCN(c2nccn2CC)CC1. The van der Waals surface area contributed by atoms with Crippen LogP contribution >= 0.6 is 11.8 Å². The van der Waals surface area contributed by atoms with Crippen LogP contribution in [-0.2, 0) is 6.54 Å². The van der Waals surface area contributed by atoms with Gasteiger partial charge in [-0.05, 0) is 24.8 Å². The number of aromatic nitrogens is 2. The average molecular weight is 344 g/mol. The van der Waals surface area contributed by atoms with Crippen LogP contribution < -0.4 is 4.90 Å². The summed E-state index contributed by atoms with van der Waals surface area (Å²) in [5.74, 6) is 2.12. The van der Waals surface area contributed by atoms with Crippen molar-refractivity contribution in [1.82, 2.24) is 14.5 Å². The van der Waals surface area contributed by atoms with E-state index < -0.39 is 0 Å². The predicted molar refractivity (Wildman–Crippen MR) is 98.9 cm³/mol. The Labute approximate surface area is 147 Å². The molecule has 0 unspecified atom stereocenters. The Morgan fingerprint density at radius 1 is 1.17 bits per heavy atom. The van der Waals surface area contributed by atoms with Gasteiger partial charge in [0.25, 0.3) is 5.91 Å². The van der Waals surface area contributed by atoms with Crippen molar-refractivity contribution >= 4 is 23.6 Å². The molecule has 0 radical (unpaired) electrons. The fourth-order valence-corrected chi connectivity index (χ4v) is 3.83. The Morgan fingerprint density at radius 2 is 1.92 bits per heavy atom. The summed E-state index contributed by atoms with van der Waals surface area (Å²) < 4.78 is 2.14. The molecular formula is C18H24N4OS. The van der Waals surface area contributed by atoms with E-state index >= 15 is 0 Å². The van der Waals surface area contributed by atoms with Crippen LogP contribution in [0.2, 0.25) is 0 Å². The summed E-state index contributed by atoms with van der Waals surface area (Å²) in [5.41, 5.74) is 0.827. The van der Waals surface area contributed by atoms with Gasteiger partial charge in [0.2, 0.25) is 5.95 Å². The van der Waals surface area contributed by atoms with Gasteiger partial charge in [-0.15, -0.1) is 11.8 Å². The summed E-state index contributed by atoms with van der Waals surface area (Å²) in [4.78, 5) is 22.6. The van der Waals surface area contributed by atoms with Gasteiger partial charge >= 0.3 is 0 Å². The Bertz CT molecular complexity index is 692. The van der Waals surface area contributed by atoms with E-state index in [1.165, 1.54) is 0 Å². The van der Waals surface area contributed by atoms with Crippen molar-refractivity contribution in [2.24, 2.45) is 0 Å². The summed E-state index contributed by atoms with van der Waals surface area (Å²) in [6, 6.07) is 7.92. The van der Waals surface area contributed by atoms with Crippen molar-refractivity contribution < 1.29 is 4.79 Å². The Hall–Kier alpha value is -1.95. The average Bonchev–Trinajstić information content (AvgIpc) is 3.11. The van der Waals surface area contributed by atoms with Gasteiger partial charge in [0.1, 0.15) is 0 Å². The van der Waals surface area contributed by atoms with Crippen molar-refractivity contribution in [2.75, 3.05) is 36.8 Å². The largest absolute Gasteiger partial charge is 0.339 e. The molecule has 1 aliphatic heterocycles. The molecule has 1 fully saturated rings. The summed E-state index contributed by atoms with van der Waals surface area (Å²) in [6.45, 7) is 8.27. The van der Waals surface area contributed by atoms with Crippen LogP contribution in [0.3, 0.4) is 0 Å². The summed E-state index contributed by atoms with van der Waals surface area (Å²) in [6.07, 6.45) is 3.85. The first-order chi connectivity index (χ1) is 11.7. The molecule has 1 amide bonds. The van der Waals surface area contributed by atoms with Gasteiger partial charge < -0.3 is 14.4 Å². The maximum absolute atomic E-state index is 12.9. The Kier molecular flexibility index (Phi) is 5.45. The molecule has 2 heterocycles. The molecule has 5 nitrogen and oxygen atoms in total. The van der Waals surface area contributed by atoms with Gasteiger partial charge in [0, 0.05) is 50.0 Å². The highest BCUT2D eigenvalue weighted by Crippen LogP contribution is 2.24. The van der Waals surface area contributed by atoms with Gasteiger partial charge in [0.15, 0.2) is 0 Å². The molecule has 24 heavy (non-hydrogen) atoms. The lowest BCUT2D eigenvalue weighted by Crippen LogP contribution is -2.49. The van der Waals surface area contributed by atoms with Gasteiger partial charge in [-0.1, -0.05) is 19.1 Å². The number of benzene rings is 1. The van der Waals surface area contributed by atoms with Crippen LogP contribution in [-0.4, -0.2) is 52.3 Å². The number of imidazole rings is 1. The first-order valence-electron chi connectivity index (χ1n) is 8.51. The molecule has 1 aliphatic rings. The maximum atomic E-state index is 12.9. The minimum Gasteiger partial charge on any atom is -0.339 e. The standard InChI is InChI=1S/C18H24N4OS/c1-3-20-10-9-19-18(20)22-13-11-21(12-14-22)17(23)15-7-5-6-8-16(15)24-4-2/h5-10H,3-4,11-14H2,1-2H3. The first-order valence-corrected chi connectivity index (χ1v) is 9.50. The minimum atomic E-state index is 0.144. The molecular weight excluding hydrogens is 320 g/mol. The Morgan fingerprint density at radius 3 is 2.62 bits per heavy atom. The summed E-state index contributed by atoms with van der Waals surface area (Å²) >= 11 is 1.73. The fourth-order valence-electron chi connectivity index (χ4n) is 3.04. The number of rotatable bonds is 5. The molecule has 0 atom stereocenters. The van der Waals surface area contributed by atoms with E-state index in [0.717, 1.165) is 54.9 Å². The van der Waals surface area contributed by atoms with E-state index in [9.17, 15) is 4.79 Å². The lowest BCUT2D eigenvalue weighted by atomic mass is 10.2. The zero-order valence-electron chi connectivity index (χ0n) is 14.3. The normalized spacial score (nSPS) is 14.9. The van der Waals surface area contributed by atoms with E-state index in [-0.39, 0.29) is 5.91 Å². The zero-order valence-corrected chi connectivity index (χ0v) is 15.1. The number of carbonyl (C=O) groups is 1. The lowest BCUT2D eigenvalue weighted by Gasteiger charge is -2.35. The second-order valence-corrected chi connectivity index (χ2v) is 7.03. The third-order valence-corrected chi connectivity index (χ3v) is 5.26. The predicted octanol–water partition coefficient (Wildman–Crippen LogP) is 2.98. The van der Waals surface area contributed by atoms with E-state index in [0.29, 0.717) is 0 Å². The smallest absolute Gasteiger partial charge is 0.255 e. The molecule has 0 bridgehead atoms. The molecule has 1 saturated heterocycles. The molecule has 0 aliphatic carbocycles. The number of piperazine rings is 1. The monoisotopic (exact) mass is 344 g/mol. The summed E-state index contributed by atoms with van der Waals surface area (Å²) in [7, 11) is 0. The van der Waals surface area contributed by atoms with Gasteiger partial charge in [-0.3, -0.25) is 4.79 Å². The number of carbonyl (C=O) groups excluding carboxylic acids is 1. The van der Waals surface area contributed by atoms with Crippen LogP contribution in [0.1, 0.15) is 24.2 Å². The number of amides is 1. The molecule has 0 spiro atoms. The highest BCUT2D eigenvalue weighted by molar-refractivity contribution is 7.99. The zero-order chi connectivity index (χ0) is 16.9. The van der Waals surface area contributed by atoms with Crippen molar-refractivity contribution in [3.8, 4) is 0 Å². The van der Waals surface area contributed by atoms with Gasteiger partial charge in [-0.25, -0.2) is 4.98 Å². The number of anilines is 1. The molecule has 3 rings (SSSR count). The molecule has 2 aromatic rings. The highest BCUT2D eigenvalue weighted by Gasteiger charge is 2.25. The third kappa shape index (κ3) is 3.43. The molecule has 1 aromatic carbocycles. The van der Waals surface area contributed by atoms with Crippen LogP contribution in [0.4, 0.5) is 5.95 Å². The van der Waals surface area contributed by atoms with Crippen LogP contribution in [0.25, 0.3) is 0 Å². The summed E-state index contributed by atoms with van der Waals surface area (Å²) in [5, 5.41) is 0. The fraction of sp³-hybridized carbons (Fsp3) is 0.444. The van der Waals surface area contributed by atoms with Crippen molar-refractivity contribution in [3.63, 3.8) is 0 Å². The van der Waals surface area contributed by atoms with E-state index in [1.54, 1.807) is 11.8 Å². The van der Waals surface area contributed by atoms with Crippen LogP contribution in [0.15, 0.2) is 41.6 Å². The number of thioether (sulfide) groups is 1. The lowest BCUT2D eigenvalue weighted by molar-refractivity contribution is 0.0742. The molecule has 128 valence electrons. The number of nitrogens with zero attached hydrogens (tertiary/aromatic N) is 4. The molecule has 0 saturated carbocycles. The van der Waals surface area contributed by atoms with Crippen LogP contribution in [0.5, 0.6) is 0 Å². The molecule has 0 N–H and O–H groups in total. The van der Waals surface area contributed by atoms with Gasteiger partial charge in [-0.2, -0.15) is 0 Å². The van der Waals surface area contributed by atoms with E-state index in [1.807, 2.05) is 41.6 Å². The number of hydrogen-bond donors (Lipinski definition) is 0.